The zero-order valence-electron chi connectivity index (χ0n) is 13.1. The number of ether oxygens (including phenoxy) is 2. The topological polar surface area (TPSA) is 47.6 Å². The highest BCUT2D eigenvalue weighted by atomic mass is 16.5. The molecule has 2 rings (SSSR count). The standard InChI is InChI=1S/C18H21NO3/c1-4-17(22-15-10-8-13(2)9-11-15)18(20)19-14-6-5-7-16(12-14)21-3/h5-12,17H,4H2,1-3H3,(H,19,20)/t17-/m1/s1. The summed E-state index contributed by atoms with van der Waals surface area (Å²) < 4.78 is 10.9. The number of nitrogens with one attached hydrogen (secondary N) is 1. The Morgan fingerprint density at radius 1 is 1.14 bits per heavy atom. The molecule has 2 aromatic rings. The van der Waals surface area contributed by atoms with Crippen molar-refractivity contribution in [3.8, 4) is 11.5 Å². The fraction of sp³-hybridized carbons (Fsp3) is 0.278. The average Bonchev–Trinajstić information content (AvgIpc) is 2.54. The maximum atomic E-state index is 12.3. The van der Waals surface area contributed by atoms with Crippen LogP contribution in [0.4, 0.5) is 5.69 Å². The molecule has 1 N–H and O–H groups in total. The molecule has 4 nitrogen and oxygen atoms in total. The number of aryl methyl sites for hydroxylation is 1. The van der Waals surface area contributed by atoms with Crippen molar-refractivity contribution in [3.05, 3.63) is 54.1 Å². The highest BCUT2D eigenvalue weighted by Crippen LogP contribution is 2.19. The molecule has 4 heteroatoms. The molecule has 0 aliphatic carbocycles. The van der Waals surface area contributed by atoms with E-state index < -0.39 is 6.10 Å². The van der Waals surface area contributed by atoms with Gasteiger partial charge in [0.25, 0.3) is 5.91 Å². The molecule has 0 aliphatic heterocycles. The van der Waals surface area contributed by atoms with Crippen LogP contribution in [0.2, 0.25) is 0 Å². The molecule has 0 fully saturated rings. The highest BCUT2D eigenvalue weighted by molar-refractivity contribution is 5.94. The number of anilines is 1. The van der Waals surface area contributed by atoms with Crippen molar-refractivity contribution in [1.29, 1.82) is 0 Å². The third-order valence-corrected chi connectivity index (χ3v) is 3.30. The quantitative estimate of drug-likeness (QED) is 0.882. The lowest BCUT2D eigenvalue weighted by molar-refractivity contribution is -0.122. The number of benzene rings is 2. The summed E-state index contributed by atoms with van der Waals surface area (Å²) in [6.45, 7) is 3.93. The van der Waals surface area contributed by atoms with Crippen LogP contribution in [-0.4, -0.2) is 19.1 Å². The molecular formula is C18H21NO3. The van der Waals surface area contributed by atoms with E-state index in [0.717, 1.165) is 5.56 Å². The van der Waals surface area contributed by atoms with E-state index in [4.69, 9.17) is 9.47 Å². The highest BCUT2D eigenvalue weighted by Gasteiger charge is 2.18. The Labute approximate surface area is 131 Å². The van der Waals surface area contributed by atoms with Gasteiger partial charge in [0, 0.05) is 11.8 Å². The van der Waals surface area contributed by atoms with Gasteiger partial charge >= 0.3 is 0 Å². The van der Waals surface area contributed by atoms with Crippen LogP contribution in [0.5, 0.6) is 11.5 Å². The van der Waals surface area contributed by atoms with E-state index in [0.29, 0.717) is 23.6 Å². The van der Waals surface area contributed by atoms with Crippen LogP contribution in [0.1, 0.15) is 18.9 Å². The van der Waals surface area contributed by atoms with E-state index in [-0.39, 0.29) is 5.91 Å². The number of methoxy groups -OCH3 is 1. The summed E-state index contributed by atoms with van der Waals surface area (Å²) in [7, 11) is 1.59. The Kier molecular flexibility index (Phi) is 5.42. The first-order valence-corrected chi connectivity index (χ1v) is 7.30. The fourth-order valence-electron chi connectivity index (χ4n) is 2.03. The van der Waals surface area contributed by atoms with Crippen LogP contribution in [0.15, 0.2) is 48.5 Å². The van der Waals surface area contributed by atoms with Crippen molar-refractivity contribution in [2.75, 3.05) is 12.4 Å². The molecule has 116 valence electrons. The second kappa shape index (κ2) is 7.50. The monoisotopic (exact) mass is 299 g/mol. The minimum atomic E-state index is -0.533. The number of carbonyl (C=O) groups is 1. The van der Waals surface area contributed by atoms with Gasteiger partial charge in [-0.1, -0.05) is 30.7 Å². The number of hydrogen-bond donors (Lipinski definition) is 1. The van der Waals surface area contributed by atoms with Gasteiger partial charge < -0.3 is 14.8 Å². The minimum absolute atomic E-state index is 0.170. The van der Waals surface area contributed by atoms with Crippen LogP contribution in [0.25, 0.3) is 0 Å². The van der Waals surface area contributed by atoms with Gasteiger partial charge in [-0.2, -0.15) is 0 Å². The Morgan fingerprint density at radius 3 is 2.50 bits per heavy atom. The average molecular weight is 299 g/mol. The van der Waals surface area contributed by atoms with E-state index in [2.05, 4.69) is 5.32 Å². The Balaban J connectivity index is 2.03. The van der Waals surface area contributed by atoms with Gasteiger partial charge in [0.15, 0.2) is 6.10 Å². The number of amides is 1. The maximum Gasteiger partial charge on any atom is 0.265 e. The van der Waals surface area contributed by atoms with Crippen LogP contribution in [-0.2, 0) is 4.79 Å². The van der Waals surface area contributed by atoms with Gasteiger partial charge in [0.2, 0.25) is 0 Å². The van der Waals surface area contributed by atoms with Crippen molar-refractivity contribution >= 4 is 11.6 Å². The molecule has 1 atom stereocenters. The predicted molar refractivity (Wildman–Crippen MR) is 87.5 cm³/mol. The fourth-order valence-corrected chi connectivity index (χ4v) is 2.03. The molecule has 0 aliphatic rings. The molecule has 1 amide bonds. The SMILES string of the molecule is CC[C@@H](Oc1ccc(C)cc1)C(=O)Nc1cccc(OC)c1. The van der Waals surface area contributed by atoms with Gasteiger partial charge in [0.05, 0.1) is 7.11 Å². The van der Waals surface area contributed by atoms with Crippen LogP contribution < -0.4 is 14.8 Å². The summed E-state index contributed by atoms with van der Waals surface area (Å²) in [5, 5.41) is 2.86. The van der Waals surface area contributed by atoms with Crippen molar-refractivity contribution in [3.63, 3.8) is 0 Å². The van der Waals surface area contributed by atoms with Crippen LogP contribution >= 0.6 is 0 Å². The largest absolute Gasteiger partial charge is 0.497 e. The van der Waals surface area contributed by atoms with E-state index in [1.54, 1.807) is 13.2 Å². The van der Waals surface area contributed by atoms with Crippen molar-refractivity contribution < 1.29 is 14.3 Å². The molecule has 0 saturated carbocycles. The van der Waals surface area contributed by atoms with Crippen LogP contribution in [0, 0.1) is 6.92 Å². The van der Waals surface area contributed by atoms with Gasteiger partial charge in [-0.25, -0.2) is 0 Å². The zero-order chi connectivity index (χ0) is 15.9. The van der Waals surface area contributed by atoms with Gasteiger partial charge in [-0.15, -0.1) is 0 Å². The Morgan fingerprint density at radius 2 is 1.86 bits per heavy atom. The van der Waals surface area contributed by atoms with Gasteiger partial charge in [-0.3, -0.25) is 4.79 Å². The summed E-state index contributed by atoms with van der Waals surface area (Å²) in [6.07, 6.45) is 0.0536. The van der Waals surface area contributed by atoms with Crippen molar-refractivity contribution in [1.82, 2.24) is 0 Å². The zero-order valence-corrected chi connectivity index (χ0v) is 13.1. The second-order valence-electron chi connectivity index (χ2n) is 5.05. The maximum absolute atomic E-state index is 12.3. The third kappa shape index (κ3) is 4.25. The first-order chi connectivity index (χ1) is 10.6. The summed E-state index contributed by atoms with van der Waals surface area (Å²) in [6, 6.07) is 14.9. The molecule has 2 aromatic carbocycles. The van der Waals surface area contributed by atoms with E-state index in [1.165, 1.54) is 0 Å². The third-order valence-electron chi connectivity index (χ3n) is 3.30. The molecule has 0 spiro atoms. The first kappa shape index (κ1) is 15.9. The normalized spacial score (nSPS) is 11.6. The van der Waals surface area contributed by atoms with Crippen molar-refractivity contribution in [2.24, 2.45) is 0 Å². The summed E-state index contributed by atoms with van der Waals surface area (Å²) in [5.74, 6) is 1.22. The van der Waals surface area contributed by atoms with Gasteiger partial charge in [-0.05, 0) is 37.6 Å². The van der Waals surface area contributed by atoms with Crippen LogP contribution in [0.3, 0.4) is 0 Å². The second-order valence-corrected chi connectivity index (χ2v) is 5.05. The van der Waals surface area contributed by atoms with E-state index >= 15 is 0 Å². The lowest BCUT2D eigenvalue weighted by Crippen LogP contribution is -2.32. The van der Waals surface area contributed by atoms with E-state index in [9.17, 15) is 4.79 Å². The summed E-state index contributed by atoms with van der Waals surface area (Å²) in [4.78, 5) is 12.3. The molecular weight excluding hydrogens is 278 g/mol. The van der Waals surface area contributed by atoms with Gasteiger partial charge in [0.1, 0.15) is 11.5 Å². The molecule has 0 aromatic heterocycles. The molecule has 0 saturated heterocycles. The summed E-state index contributed by atoms with van der Waals surface area (Å²) in [5.41, 5.74) is 1.84. The minimum Gasteiger partial charge on any atom is -0.497 e. The van der Waals surface area contributed by atoms with Crippen molar-refractivity contribution in [2.45, 2.75) is 26.4 Å². The Hall–Kier alpha value is -2.49. The smallest absolute Gasteiger partial charge is 0.265 e. The molecule has 0 bridgehead atoms. The summed E-state index contributed by atoms with van der Waals surface area (Å²) >= 11 is 0. The number of carbonyl (C=O) groups excluding carboxylic acids is 1. The molecule has 0 radical (unpaired) electrons. The molecule has 22 heavy (non-hydrogen) atoms. The lowest BCUT2D eigenvalue weighted by atomic mass is 10.2. The first-order valence-electron chi connectivity index (χ1n) is 7.30. The Bertz CT molecular complexity index is 622. The number of rotatable bonds is 6. The van der Waals surface area contributed by atoms with E-state index in [1.807, 2.05) is 56.3 Å². The lowest BCUT2D eigenvalue weighted by Gasteiger charge is -2.17. The number of hydrogen-bond acceptors (Lipinski definition) is 3. The predicted octanol–water partition coefficient (Wildman–Crippen LogP) is 3.80. The molecule has 0 unspecified atom stereocenters. The molecule has 0 heterocycles.